The van der Waals surface area contributed by atoms with Crippen LogP contribution in [0.5, 0.6) is 0 Å². The molecule has 1 aromatic carbocycles. The third-order valence-corrected chi connectivity index (χ3v) is 2.67. The summed E-state index contributed by atoms with van der Waals surface area (Å²) in [6, 6.07) is 5.48. The molecule has 0 aliphatic heterocycles. The zero-order valence-electron chi connectivity index (χ0n) is 9.94. The Balaban J connectivity index is 2.50. The van der Waals surface area contributed by atoms with Crippen molar-refractivity contribution in [3.05, 3.63) is 40.4 Å². The van der Waals surface area contributed by atoms with E-state index < -0.39 is 5.97 Å². The summed E-state index contributed by atoms with van der Waals surface area (Å²) in [6.07, 6.45) is 2.89. The highest BCUT2D eigenvalue weighted by molar-refractivity contribution is 6.31. The van der Waals surface area contributed by atoms with E-state index in [4.69, 9.17) is 16.7 Å². The number of hydrogen-bond acceptors (Lipinski definition) is 2. The first-order valence-electron chi connectivity index (χ1n) is 5.43. The van der Waals surface area contributed by atoms with Gasteiger partial charge in [-0.15, -0.1) is 0 Å². The Morgan fingerprint density at radius 3 is 2.78 bits per heavy atom. The third kappa shape index (κ3) is 5.01. The molecule has 0 unspecified atom stereocenters. The van der Waals surface area contributed by atoms with Crippen LogP contribution >= 0.6 is 11.6 Å². The number of carboxylic acids is 1. The van der Waals surface area contributed by atoms with Gasteiger partial charge in [-0.3, -0.25) is 9.59 Å². The average molecular weight is 268 g/mol. The van der Waals surface area contributed by atoms with Crippen molar-refractivity contribution < 1.29 is 14.7 Å². The number of rotatable bonds is 5. The highest BCUT2D eigenvalue weighted by Gasteiger charge is 1.99. The maximum atomic E-state index is 11.3. The van der Waals surface area contributed by atoms with Crippen molar-refractivity contribution in [3.8, 4) is 0 Å². The van der Waals surface area contributed by atoms with Gasteiger partial charge in [0.2, 0.25) is 5.91 Å². The quantitative estimate of drug-likeness (QED) is 0.804. The second-order valence-electron chi connectivity index (χ2n) is 3.78. The summed E-state index contributed by atoms with van der Waals surface area (Å²) >= 11 is 5.95. The average Bonchev–Trinajstić information content (AvgIpc) is 2.30. The number of nitrogens with one attached hydrogen (secondary N) is 1. The fourth-order valence-electron chi connectivity index (χ4n) is 1.24. The maximum Gasteiger partial charge on any atom is 0.305 e. The van der Waals surface area contributed by atoms with E-state index in [0.717, 1.165) is 11.1 Å². The Kier molecular flexibility index (Phi) is 5.39. The standard InChI is InChI=1S/C13H14ClNO3/c1-9-2-3-10(8-11(9)14)4-5-12(16)15-7-6-13(17)18/h2-5,8H,6-7H2,1H3,(H,15,16)(H,17,18)/b5-4+. The van der Waals surface area contributed by atoms with Gasteiger partial charge < -0.3 is 10.4 Å². The number of carboxylic acid groups (broad SMARTS) is 1. The van der Waals surface area contributed by atoms with Crippen LogP contribution in [0, 0.1) is 6.92 Å². The molecule has 0 spiro atoms. The van der Waals surface area contributed by atoms with Crippen molar-refractivity contribution in [2.24, 2.45) is 0 Å². The van der Waals surface area contributed by atoms with Gasteiger partial charge in [-0.25, -0.2) is 0 Å². The molecule has 0 fully saturated rings. The molecule has 0 saturated heterocycles. The fraction of sp³-hybridized carbons (Fsp3) is 0.231. The summed E-state index contributed by atoms with van der Waals surface area (Å²) in [5, 5.41) is 11.5. The fourth-order valence-corrected chi connectivity index (χ4v) is 1.43. The predicted molar refractivity (Wildman–Crippen MR) is 70.5 cm³/mol. The van der Waals surface area contributed by atoms with Gasteiger partial charge >= 0.3 is 5.97 Å². The number of halogens is 1. The molecule has 1 amide bonds. The van der Waals surface area contributed by atoms with Gasteiger partial charge in [-0.05, 0) is 30.2 Å². The van der Waals surface area contributed by atoms with Crippen LogP contribution in [0.1, 0.15) is 17.5 Å². The van der Waals surface area contributed by atoms with Crippen LogP contribution in [0.3, 0.4) is 0 Å². The van der Waals surface area contributed by atoms with Gasteiger partial charge in [0.1, 0.15) is 0 Å². The van der Waals surface area contributed by atoms with E-state index in [1.54, 1.807) is 12.1 Å². The summed E-state index contributed by atoms with van der Waals surface area (Å²) in [4.78, 5) is 21.6. The molecule has 0 aliphatic rings. The molecular weight excluding hydrogens is 254 g/mol. The van der Waals surface area contributed by atoms with E-state index in [1.807, 2.05) is 19.1 Å². The van der Waals surface area contributed by atoms with Crippen molar-refractivity contribution in [2.75, 3.05) is 6.54 Å². The van der Waals surface area contributed by atoms with E-state index in [-0.39, 0.29) is 18.9 Å². The maximum absolute atomic E-state index is 11.3. The Labute approximate surface area is 110 Å². The van der Waals surface area contributed by atoms with Crippen LogP contribution in [0.4, 0.5) is 0 Å². The molecule has 1 rings (SSSR count). The number of aliphatic carboxylic acids is 1. The summed E-state index contributed by atoms with van der Waals surface area (Å²) < 4.78 is 0. The Morgan fingerprint density at radius 1 is 1.44 bits per heavy atom. The minimum atomic E-state index is -0.940. The summed E-state index contributed by atoms with van der Waals surface area (Å²) in [5.74, 6) is -1.27. The summed E-state index contributed by atoms with van der Waals surface area (Å²) in [7, 11) is 0. The van der Waals surface area contributed by atoms with E-state index >= 15 is 0 Å². The van der Waals surface area contributed by atoms with E-state index in [9.17, 15) is 9.59 Å². The van der Waals surface area contributed by atoms with Crippen molar-refractivity contribution in [2.45, 2.75) is 13.3 Å². The first-order chi connectivity index (χ1) is 8.49. The Hall–Kier alpha value is -1.81. The predicted octanol–water partition coefficient (Wildman–Crippen LogP) is 2.25. The second-order valence-corrected chi connectivity index (χ2v) is 4.18. The smallest absolute Gasteiger partial charge is 0.305 e. The topological polar surface area (TPSA) is 66.4 Å². The molecule has 4 nitrogen and oxygen atoms in total. The lowest BCUT2D eigenvalue weighted by Gasteiger charge is -2.00. The van der Waals surface area contributed by atoms with Crippen LogP contribution in [-0.2, 0) is 9.59 Å². The molecule has 0 bridgehead atoms. The molecule has 0 aromatic heterocycles. The number of hydrogen-bond donors (Lipinski definition) is 2. The van der Waals surface area contributed by atoms with Crippen molar-refractivity contribution in [3.63, 3.8) is 0 Å². The van der Waals surface area contributed by atoms with E-state index in [1.165, 1.54) is 6.08 Å². The van der Waals surface area contributed by atoms with Crippen LogP contribution in [0.2, 0.25) is 5.02 Å². The van der Waals surface area contributed by atoms with E-state index in [0.29, 0.717) is 5.02 Å². The van der Waals surface area contributed by atoms with Crippen LogP contribution in [-0.4, -0.2) is 23.5 Å². The zero-order valence-corrected chi connectivity index (χ0v) is 10.7. The van der Waals surface area contributed by atoms with Gasteiger partial charge in [0.25, 0.3) is 0 Å². The number of aryl methyl sites for hydroxylation is 1. The van der Waals surface area contributed by atoms with Crippen LogP contribution in [0.25, 0.3) is 6.08 Å². The van der Waals surface area contributed by atoms with Gasteiger partial charge in [0.15, 0.2) is 0 Å². The first-order valence-corrected chi connectivity index (χ1v) is 5.80. The lowest BCUT2D eigenvalue weighted by atomic mass is 10.1. The van der Waals surface area contributed by atoms with Gasteiger partial charge in [-0.2, -0.15) is 0 Å². The Bertz CT molecular complexity index is 483. The summed E-state index contributed by atoms with van der Waals surface area (Å²) in [5.41, 5.74) is 1.79. The Morgan fingerprint density at radius 2 is 2.17 bits per heavy atom. The number of carbonyl (C=O) groups excluding carboxylic acids is 1. The highest BCUT2D eigenvalue weighted by Crippen LogP contribution is 2.17. The lowest BCUT2D eigenvalue weighted by molar-refractivity contribution is -0.136. The molecule has 2 N–H and O–H groups in total. The minimum Gasteiger partial charge on any atom is -0.481 e. The zero-order chi connectivity index (χ0) is 13.5. The molecule has 1 aromatic rings. The molecular formula is C13H14ClNO3. The highest BCUT2D eigenvalue weighted by atomic mass is 35.5. The molecule has 0 heterocycles. The van der Waals surface area contributed by atoms with E-state index in [2.05, 4.69) is 5.32 Å². The first kappa shape index (κ1) is 14.3. The molecule has 96 valence electrons. The largest absolute Gasteiger partial charge is 0.481 e. The molecule has 5 heteroatoms. The van der Waals surface area contributed by atoms with Crippen molar-refractivity contribution in [1.29, 1.82) is 0 Å². The van der Waals surface area contributed by atoms with Crippen LogP contribution in [0.15, 0.2) is 24.3 Å². The minimum absolute atomic E-state index is 0.0874. The number of carbonyl (C=O) groups is 2. The van der Waals surface area contributed by atoms with Gasteiger partial charge in [0, 0.05) is 17.6 Å². The lowest BCUT2D eigenvalue weighted by Crippen LogP contribution is -2.23. The normalized spacial score (nSPS) is 10.6. The molecule has 0 radical (unpaired) electrons. The molecule has 0 saturated carbocycles. The SMILES string of the molecule is Cc1ccc(/C=C/C(=O)NCCC(=O)O)cc1Cl. The van der Waals surface area contributed by atoms with Gasteiger partial charge in [0.05, 0.1) is 6.42 Å². The molecule has 18 heavy (non-hydrogen) atoms. The van der Waals surface area contributed by atoms with Gasteiger partial charge in [-0.1, -0.05) is 23.7 Å². The van der Waals surface area contributed by atoms with Crippen molar-refractivity contribution >= 4 is 29.6 Å². The van der Waals surface area contributed by atoms with Crippen molar-refractivity contribution in [1.82, 2.24) is 5.32 Å². The monoisotopic (exact) mass is 267 g/mol. The van der Waals surface area contributed by atoms with Crippen LogP contribution < -0.4 is 5.32 Å². The number of benzene rings is 1. The molecule has 0 atom stereocenters. The number of amides is 1. The third-order valence-electron chi connectivity index (χ3n) is 2.26. The summed E-state index contributed by atoms with van der Waals surface area (Å²) in [6.45, 7) is 2.02. The molecule has 0 aliphatic carbocycles. The second kappa shape index (κ2) is 6.81.